The van der Waals surface area contributed by atoms with Crippen LogP contribution in [0.5, 0.6) is 0 Å². The van der Waals surface area contributed by atoms with E-state index in [-0.39, 0.29) is 6.10 Å². The van der Waals surface area contributed by atoms with Crippen molar-refractivity contribution in [1.82, 2.24) is 0 Å². The monoisotopic (exact) mass is 224 g/mol. The molecule has 2 nitrogen and oxygen atoms in total. The van der Waals surface area contributed by atoms with Crippen molar-refractivity contribution >= 4 is 0 Å². The Hall–Kier alpha value is -0.0800. The van der Waals surface area contributed by atoms with Gasteiger partial charge in [0.25, 0.3) is 0 Å². The van der Waals surface area contributed by atoms with E-state index in [1.165, 1.54) is 25.7 Å². The van der Waals surface area contributed by atoms with Gasteiger partial charge in [0.05, 0.1) is 6.10 Å². The van der Waals surface area contributed by atoms with Crippen LogP contribution in [0.4, 0.5) is 0 Å². The third-order valence-corrected chi connectivity index (χ3v) is 5.09. The number of hydrogen-bond donors (Lipinski definition) is 1. The number of fused-ring (bicyclic) bond motifs is 2. The normalized spacial score (nSPS) is 44.1. The van der Waals surface area contributed by atoms with Crippen molar-refractivity contribution in [2.45, 2.75) is 51.0 Å². The van der Waals surface area contributed by atoms with E-state index in [0.29, 0.717) is 5.92 Å². The highest BCUT2D eigenvalue weighted by atomic mass is 16.5. The third kappa shape index (κ3) is 2.28. The van der Waals surface area contributed by atoms with E-state index in [4.69, 9.17) is 4.74 Å². The molecule has 16 heavy (non-hydrogen) atoms. The number of hydrogen-bond acceptors (Lipinski definition) is 2. The van der Waals surface area contributed by atoms with Crippen molar-refractivity contribution < 1.29 is 9.84 Å². The zero-order chi connectivity index (χ0) is 11.0. The summed E-state index contributed by atoms with van der Waals surface area (Å²) in [6.45, 7) is 1.79. The van der Waals surface area contributed by atoms with Crippen LogP contribution in [0.2, 0.25) is 0 Å². The summed E-state index contributed by atoms with van der Waals surface area (Å²) in [7, 11) is 0. The second-order valence-electron chi connectivity index (χ2n) is 6.29. The molecule has 2 aliphatic carbocycles. The predicted octanol–water partition coefficient (Wildman–Crippen LogP) is 2.60. The Morgan fingerprint density at radius 1 is 1.12 bits per heavy atom. The Balaban J connectivity index is 1.43. The van der Waals surface area contributed by atoms with Crippen molar-refractivity contribution in [2.75, 3.05) is 13.2 Å². The molecular weight excluding hydrogens is 200 g/mol. The lowest BCUT2D eigenvalue weighted by Gasteiger charge is -2.25. The molecule has 0 spiro atoms. The fourth-order valence-corrected chi connectivity index (χ4v) is 4.26. The molecule has 0 aromatic rings. The number of aliphatic hydroxyl groups is 1. The van der Waals surface area contributed by atoms with Gasteiger partial charge in [-0.2, -0.15) is 0 Å². The van der Waals surface area contributed by atoms with Gasteiger partial charge in [0.15, 0.2) is 0 Å². The first-order valence-corrected chi connectivity index (χ1v) is 7.07. The van der Waals surface area contributed by atoms with Crippen LogP contribution in [0.3, 0.4) is 0 Å². The molecule has 0 radical (unpaired) electrons. The minimum absolute atomic E-state index is 0.0592. The Kier molecular flexibility index (Phi) is 3.21. The zero-order valence-electron chi connectivity index (χ0n) is 10.1. The van der Waals surface area contributed by atoms with Crippen molar-refractivity contribution in [3.63, 3.8) is 0 Å². The van der Waals surface area contributed by atoms with E-state index < -0.39 is 0 Å². The van der Waals surface area contributed by atoms with E-state index in [0.717, 1.165) is 50.2 Å². The van der Waals surface area contributed by atoms with Gasteiger partial charge in [0.2, 0.25) is 0 Å². The van der Waals surface area contributed by atoms with Crippen LogP contribution < -0.4 is 0 Å². The van der Waals surface area contributed by atoms with E-state index in [1.807, 2.05) is 0 Å². The minimum Gasteiger partial charge on any atom is -0.393 e. The molecule has 2 heteroatoms. The van der Waals surface area contributed by atoms with E-state index in [1.54, 1.807) is 0 Å². The fraction of sp³-hybridized carbons (Fsp3) is 1.00. The van der Waals surface area contributed by atoms with Crippen molar-refractivity contribution in [3.05, 3.63) is 0 Å². The number of ether oxygens (including phenoxy) is 1. The molecule has 5 atom stereocenters. The summed E-state index contributed by atoms with van der Waals surface area (Å²) in [6, 6.07) is 0. The highest BCUT2D eigenvalue weighted by Crippen LogP contribution is 2.50. The van der Waals surface area contributed by atoms with Gasteiger partial charge in [-0.1, -0.05) is 6.42 Å². The predicted molar refractivity (Wildman–Crippen MR) is 63.1 cm³/mol. The van der Waals surface area contributed by atoms with E-state index >= 15 is 0 Å². The molecule has 3 rings (SSSR count). The largest absolute Gasteiger partial charge is 0.393 e. The molecule has 2 saturated carbocycles. The molecule has 3 aliphatic rings. The van der Waals surface area contributed by atoms with Crippen LogP contribution in [0.15, 0.2) is 0 Å². The van der Waals surface area contributed by atoms with Crippen LogP contribution >= 0.6 is 0 Å². The summed E-state index contributed by atoms with van der Waals surface area (Å²) in [5, 5.41) is 10.1. The quantitative estimate of drug-likeness (QED) is 0.795. The standard InChI is InChI=1S/C14H24O2/c15-14(7-11-3-4-16-9-11)8-13-6-10-1-2-12(13)5-10/h10-15H,1-9H2. The summed E-state index contributed by atoms with van der Waals surface area (Å²) in [6.07, 6.45) is 8.92. The molecule has 0 amide bonds. The second kappa shape index (κ2) is 4.66. The molecule has 0 aromatic carbocycles. The Labute approximate surface area is 98.4 Å². The number of aliphatic hydroxyl groups excluding tert-OH is 1. The molecule has 1 heterocycles. The zero-order valence-corrected chi connectivity index (χ0v) is 10.1. The topological polar surface area (TPSA) is 29.5 Å². The summed E-state index contributed by atoms with van der Waals surface area (Å²) in [4.78, 5) is 0. The minimum atomic E-state index is -0.0592. The van der Waals surface area contributed by atoms with E-state index in [2.05, 4.69) is 0 Å². The van der Waals surface area contributed by atoms with Gasteiger partial charge in [-0.05, 0) is 62.2 Å². The second-order valence-corrected chi connectivity index (χ2v) is 6.29. The van der Waals surface area contributed by atoms with Gasteiger partial charge in [-0.3, -0.25) is 0 Å². The molecule has 2 bridgehead atoms. The van der Waals surface area contributed by atoms with E-state index in [9.17, 15) is 5.11 Å². The van der Waals surface area contributed by atoms with Gasteiger partial charge in [0.1, 0.15) is 0 Å². The molecule has 5 unspecified atom stereocenters. The molecule has 1 saturated heterocycles. The van der Waals surface area contributed by atoms with Gasteiger partial charge in [0, 0.05) is 13.2 Å². The molecule has 3 fully saturated rings. The molecule has 1 N–H and O–H groups in total. The maximum atomic E-state index is 10.1. The first-order chi connectivity index (χ1) is 7.81. The van der Waals surface area contributed by atoms with Gasteiger partial charge in [-0.25, -0.2) is 0 Å². The molecular formula is C14H24O2. The van der Waals surface area contributed by atoms with Gasteiger partial charge >= 0.3 is 0 Å². The average molecular weight is 224 g/mol. The summed E-state index contributed by atoms with van der Waals surface area (Å²) in [5.41, 5.74) is 0. The third-order valence-electron chi connectivity index (χ3n) is 5.09. The highest BCUT2D eigenvalue weighted by molar-refractivity contribution is 4.91. The first kappa shape index (κ1) is 11.0. The summed E-state index contributed by atoms with van der Waals surface area (Å²) in [5.74, 6) is 3.45. The maximum absolute atomic E-state index is 10.1. The van der Waals surface area contributed by atoms with Crippen LogP contribution in [-0.4, -0.2) is 24.4 Å². The van der Waals surface area contributed by atoms with Gasteiger partial charge < -0.3 is 9.84 Å². The SMILES string of the molecule is OC(CC1CCOC1)CC1CC2CCC1C2. The maximum Gasteiger partial charge on any atom is 0.0546 e. The van der Waals surface area contributed by atoms with Crippen molar-refractivity contribution in [3.8, 4) is 0 Å². The van der Waals surface area contributed by atoms with Gasteiger partial charge in [-0.15, -0.1) is 0 Å². The Bertz CT molecular complexity index is 235. The number of rotatable bonds is 4. The first-order valence-electron chi connectivity index (χ1n) is 7.07. The van der Waals surface area contributed by atoms with Crippen molar-refractivity contribution in [1.29, 1.82) is 0 Å². The fourth-order valence-electron chi connectivity index (χ4n) is 4.26. The lowest BCUT2D eigenvalue weighted by Crippen LogP contribution is -2.21. The van der Waals surface area contributed by atoms with Crippen molar-refractivity contribution in [2.24, 2.45) is 23.7 Å². The molecule has 1 aliphatic heterocycles. The summed E-state index contributed by atoms with van der Waals surface area (Å²) < 4.78 is 5.37. The van der Waals surface area contributed by atoms with Crippen LogP contribution in [0, 0.1) is 23.7 Å². The molecule has 0 aromatic heterocycles. The Morgan fingerprint density at radius 3 is 2.69 bits per heavy atom. The summed E-state index contributed by atoms with van der Waals surface area (Å²) >= 11 is 0. The van der Waals surface area contributed by atoms with Crippen LogP contribution in [-0.2, 0) is 4.74 Å². The highest BCUT2D eigenvalue weighted by Gasteiger charge is 2.40. The van der Waals surface area contributed by atoms with Crippen LogP contribution in [0.1, 0.15) is 44.9 Å². The Morgan fingerprint density at radius 2 is 2.06 bits per heavy atom. The smallest absolute Gasteiger partial charge is 0.0546 e. The molecule has 92 valence electrons. The average Bonchev–Trinajstić information content (AvgIpc) is 2.92. The van der Waals surface area contributed by atoms with Crippen LogP contribution in [0.25, 0.3) is 0 Å². The lowest BCUT2D eigenvalue weighted by atomic mass is 9.83. The lowest BCUT2D eigenvalue weighted by molar-refractivity contribution is 0.0942.